The Morgan fingerprint density at radius 1 is 0.918 bits per heavy atom. The summed E-state index contributed by atoms with van der Waals surface area (Å²) in [7, 11) is -1.99. The molecular formula is C35H46F2N6O5S. The maximum Gasteiger partial charge on any atom is 0.323 e. The number of rotatable bonds is 11. The van der Waals surface area contributed by atoms with Crippen molar-refractivity contribution >= 4 is 55.6 Å². The van der Waals surface area contributed by atoms with Gasteiger partial charge in [-0.2, -0.15) is 0 Å². The van der Waals surface area contributed by atoms with Gasteiger partial charge in [-0.15, -0.1) is 0 Å². The zero-order chi connectivity index (χ0) is 35.1. The number of nitrogens with one attached hydrogen (secondary N) is 2. The number of aryl methyl sites for hydroxylation is 1. The highest BCUT2D eigenvalue weighted by Crippen LogP contribution is 2.54. The van der Waals surface area contributed by atoms with Gasteiger partial charge < -0.3 is 30.2 Å². The summed E-state index contributed by atoms with van der Waals surface area (Å²) in [5.41, 5.74) is 9.69. The van der Waals surface area contributed by atoms with Crippen LogP contribution in [0.4, 0.5) is 31.5 Å². The van der Waals surface area contributed by atoms with E-state index in [2.05, 4.69) is 14.9 Å². The number of hydrogen-bond donors (Lipinski definition) is 3. The van der Waals surface area contributed by atoms with E-state index in [-0.39, 0.29) is 44.4 Å². The number of hydrogen-bond acceptors (Lipinski definition) is 8. The second-order valence-corrected chi connectivity index (χ2v) is 16.1. The summed E-state index contributed by atoms with van der Waals surface area (Å²) in [4.78, 5) is 30.1. The Morgan fingerprint density at radius 3 is 2.20 bits per heavy atom. The lowest BCUT2D eigenvalue weighted by molar-refractivity contribution is -0.145. The third-order valence-electron chi connectivity index (χ3n) is 10.3. The molecule has 6 rings (SSSR count). The first-order valence-corrected chi connectivity index (χ1v) is 18.6. The number of benzene rings is 2. The summed E-state index contributed by atoms with van der Waals surface area (Å²) in [6.45, 7) is 5.10. The molecule has 49 heavy (non-hydrogen) atoms. The van der Waals surface area contributed by atoms with Crippen LogP contribution < -0.4 is 25.6 Å². The highest BCUT2D eigenvalue weighted by molar-refractivity contribution is 7.92. The van der Waals surface area contributed by atoms with Gasteiger partial charge in [-0.1, -0.05) is 13.8 Å². The number of nitrogens with zero attached hydrogens (tertiary/aromatic N) is 3. The molecule has 0 radical (unpaired) electrons. The van der Waals surface area contributed by atoms with Crippen LogP contribution in [0.15, 0.2) is 42.6 Å². The van der Waals surface area contributed by atoms with Gasteiger partial charge in [0.1, 0.15) is 18.4 Å². The number of anilines is 4. The zero-order valence-electron chi connectivity index (χ0n) is 28.3. The molecule has 1 saturated carbocycles. The quantitative estimate of drug-likeness (QED) is 0.229. The molecule has 2 aromatic carbocycles. The third kappa shape index (κ3) is 7.95. The summed E-state index contributed by atoms with van der Waals surface area (Å²) in [5, 5.41) is 3.91. The highest BCUT2D eigenvalue weighted by Gasteiger charge is 2.44. The van der Waals surface area contributed by atoms with E-state index in [1.807, 2.05) is 40.9 Å². The SMILES string of the molecule is CC(C)[C@H](N)C(=O)OCCS(=O)(=O)Nc1ccc(C(=O)Nc2cc(N3CCC(F)(F)CC3)c3c(ccn3C)c2)c(N2CCC3(CC2)CC3)c1. The van der Waals surface area contributed by atoms with Crippen LogP contribution in [-0.4, -0.2) is 75.4 Å². The first-order chi connectivity index (χ1) is 23.1. The molecule has 3 aliphatic rings. The molecule has 14 heteroatoms. The lowest BCUT2D eigenvalue weighted by atomic mass is 9.93. The first-order valence-electron chi connectivity index (χ1n) is 17.0. The zero-order valence-corrected chi connectivity index (χ0v) is 29.1. The topological polar surface area (TPSA) is 139 Å². The monoisotopic (exact) mass is 700 g/mol. The van der Waals surface area contributed by atoms with E-state index in [1.165, 1.54) is 12.8 Å². The van der Waals surface area contributed by atoms with Crippen LogP contribution in [0.1, 0.15) is 62.7 Å². The van der Waals surface area contributed by atoms with Gasteiger partial charge in [0.2, 0.25) is 10.0 Å². The number of fused-ring (bicyclic) bond motifs is 1. The predicted molar refractivity (Wildman–Crippen MR) is 188 cm³/mol. The standard InChI is InChI=1S/C35H46F2N6O5S/c1-23(2)30(38)33(45)48-18-19-49(46,47)40-25-4-5-27(28(21-25)42-14-9-34(7-8-34)10-15-42)32(44)39-26-20-24-6-13-41(3)31(24)29(22-26)43-16-11-35(36,37)12-17-43/h4-6,13,20-23,30,40H,7-12,14-19,38H2,1-3H3,(H,39,44)/t30-/m0/s1. The number of esters is 1. The van der Waals surface area contributed by atoms with Crippen molar-refractivity contribution in [3.05, 3.63) is 48.2 Å². The normalized spacial score (nSPS) is 19.2. The van der Waals surface area contributed by atoms with Crippen LogP contribution in [0.5, 0.6) is 0 Å². The molecule has 266 valence electrons. The van der Waals surface area contributed by atoms with Gasteiger partial charge in [0.15, 0.2) is 0 Å². The number of amides is 1. The Morgan fingerprint density at radius 2 is 1.55 bits per heavy atom. The Hall–Kier alpha value is -3.91. The number of ether oxygens (including phenoxy) is 1. The van der Waals surface area contributed by atoms with Crippen molar-refractivity contribution in [3.63, 3.8) is 0 Å². The first kappa shape index (κ1) is 34.9. The number of nitrogens with two attached hydrogens (primary N) is 1. The minimum Gasteiger partial charge on any atom is -0.463 e. The molecule has 2 saturated heterocycles. The molecule has 4 N–H and O–H groups in total. The summed E-state index contributed by atoms with van der Waals surface area (Å²) < 4.78 is 63.5. The van der Waals surface area contributed by atoms with Gasteiger partial charge in [0, 0.05) is 63.3 Å². The molecule has 2 aliphatic heterocycles. The van der Waals surface area contributed by atoms with Gasteiger partial charge in [0.25, 0.3) is 11.8 Å². The molecule has 3 heterocycles. The van der Waals surface area contributed by atoms with Crippen molar-refractivity contribution < 1.29 is 31.5 Å². The van der Waals surface area contributed by atoms with Gasteiger partial charge in [-0.25, -0.2) is 17.2 Å². The maximum atomic E-state index is 14.0. The molecule has 11 nitrogen and oxygen atoms in total. The average Bonchev–Trinajstić information content (AvgIpc) is 3.70. The van der Waals surface area contributed by atoms with Crippen LogP contribution in [0, 0.1) is 11.3 Å². The second-order valence-electron chi connectivity index (χ2n) is 14.2. The summed E-state index contributed by atoms with van der Waals surface area (Å²) >= 11 is 0. The van der Waals surface area contributed by atoms with Crippen LogP contribution in [0.3, 0.4) is 0 Å². The smallest absolute Gasteiger partial charge is 0.323 e. The number of halogens is 2. The predicted octanol–water partition coefficient (Wildman–Crippen LogP) is 5.31. The average molecular weight is 701 g/mol. The molecule has 1 spiro atoms. The lowest BCUT2D eigenvalue weighted by Crippen LogP contribution is -2.39. The number of alkyl halides is 2. The van der Waals surface area contributed by atoms with E-state index in [0.29, 0.717) is 28.0 Å². The summed E-state index contributed by atoms with van der Waals surface area (Å²) in [6, 6.07) is 9.64. The van der Waals surface area contributed by atoms with Crippen molar-refractivity contribution in [2.24, 2.45) is 24.1 Å². The summed E-state index contributed by atoms with van der Waals surface area (Å²) in [6.07, 6.45) is 5.85. The number of sulfonamides is 1. The van der Waals surface area contributed by atoms with Gasteiger partial charge in [-0.05, 0) is 73.4 Å². The molecule has 0 bridgehead atoms. The van der Waals surface area contributed by atoms with Gasteiger partial charge in [-0.3, -0.25) is 14.3 Å². The molecule has 1 atom stereocenters. The summed E-state index contributed by atoms with van der Waals surface area (Å²) in [5.74, 6) is -4.30. The van der Waals surface area contributed by atoms with Crippen molar-refractivity contribution in [2.45, 2.75) is 64.3 Å². The number of carbonyl (C=O) groups excluding carboxylic acids is 2. The Kier molecular flexibility index (Phi) is 9.57. The molecule has 1 aromatic heterocycles. The Bertz CT molecular complexity index is 1820. The third-order valence-corrected chi connectivity index (χ3v) is 11.5. The van der Waals surface area contributed by atoms with Gasteiger partial charge >= 0.3 is 5.97 Å². The fraction of sp³-hybridized carbons (Fsp3) is 0.543. The number of aromatic nitrogens is 1. The lowest BCUT2D eigenvalue weighted by Gasteiger charge is -2.35. The van der Waals surface area contributed by atoms with Crippen LogP contribution in [0.2, 0.25) is 0 Å². The van der Waals surface area contributed by atoms with Crippen molar-refractivity contribution in [3.8, 4) is 0 Å². The molecule has 0 unspecified atom stereocenters. The van der Waals surface area contributed by atoms with Crippen molar-refractivity contribution in [1.82, 2.24) is 4.57 Å². The van der Waals surface area contributed by atoms with E-state index in [0.717, 1.165) is 42.5 Å². The van der Waals surface area contributed by atoms with E-state index in [4.69, 9.17) is 10.5 Å². The van der Waals surface area contributed by atoms with E-state index < -0.39 is 33.7 Å². The Labute approximate surface area is 286 Å². The molecule has 1 aliphatic carbocycles. The van der Waals surface area contributed by atoms with Crippen molar-refractivity contribution in [1.29, 1.82) is 0 Å². The minimum absolute atomic E-state index is 0.144. The maximum absolute atomic E-state index is 14.0. The largest absolute Gasteiger partial charge is 0.463 e. The van der Waals surface area contributed by atoms with Gasteiger partial charge in [0.05, 0.1) is 28.1 Å². The second kappa shape index (κ2) is 13.4. The number of piperidine rings is 2. The van der Waals surface area contributed by atoms with Crippen LogP contribution in [0.25, 0.3) is 10.9 Å². The fourth-order valence-electron chi connectivity index (χ4n) is 6.80. The van der Waals surface area contributed by atoms with Crippen molar-refractivity contribution in [2.75, 3.05) is 58.4 Å². The van der Waals surface area contributed by atoms with Crippen LogP contribution >= 0.6 is 0 Å². The highest BCUT2D eigenvalue weighted by atomic mass is 32.2. The molecule has 3 aromatic rings. The fourth-order valence-corrected chi connectivity index (χ4v) is 7.69. The molecular weight excluding hydrogens is 654 g/mol. The van der Waals surface area contributed by atoms with Crippen LogP contribution in [-0.2, 0) is 26.6 Å². The van der Waals surface area contributed by atoms with E-state index >= 15 is 0 Å². The van der Waals surface area contributed by atoms with E-state index in [1.54, 1.807) is 32.0 Å². The molecule has 1 amide bonds. The Balaban J connectivity index is 1.23. The minimum atomic E-state index is -3.90. The van der Waals surface area contributed by atoms with E-state index in [9.17, 15) is 26.8 Å². The molecule has 3 fully saturated rings. The number of carbonyl (C=O) groups is 2.